The molecule has 7 nitrogen and oxygen atoms in total. The van der Waals surface area contributed by atoms with Crippen LogP contribution in [0.5, 0.6) is 0 Å². The summed E-state index contributed by atoms with van der Waals surface area (Å²) in [5.74, 6) is 1.60. The van der Waals surface area contributed by atoms with E-state index in [1.807, 2.05) is 0 Å². The van der Waals surface area contributed by atoms with Crippen LogP contribution >= 0.6 is 0 Å². The monoisotopic (exact) mass is 223 g/mol. The van der Waals surface area contributed by atoms with Crippen LogP contribution in [0.25, 0.3) is 11.6 Å². The molecular formula is C9H13N5O2. The molecule has 0 bridgehead atoms. The molecule has 0 aromatic carbocycles. The lowest BCUT2D eigenvalue weighted by atomic mass is 10.5. The average Bonchev–Trinajstić information content (AvgIpc) is 2.94. The first-order valence-corrected chi connectivity index (χ1v) is 4.92. The Balaban J connectivity index is 1.88. The Morgan fingerprint density at radius 2 is 2.50 bits per heavy atom. The van der Waals surface area contributed by atoms with Crippen LogP contribution in [0.3, 0.4) is 0 Å². The second-order valence-corrected chi connectivity index (χ2v) is 3.12. The quantitative estimate of drug-likeness (QED) is 0.680. The molecule has 2 N–H and O–H groups in total. The van der Waals surface area contributed by atoms with Crippen molar-refractivity contribution in [3.05, 3.63) is 18.3 Å². The van der Waals surface area contributed by atoms with Crippen LogP contribution in [0, 0.1) is 0 Å². The van der Waals surface area contributed by atoms with Gasteiger partial charge in [0.2, 0.25) is 11.7 Å². The zero-order chi connectivity index (χ0) is 11.2. The van der Waals surface area contributed by atoms with E-state index in [1.54, 1.807) is 19.5 Å². The van der Waals surface area contributed by atoms with Crippen LogP contribution in [0.4, 0.5) is 0 Å². The Morgan fingerprint density at radius 1 is 1.56 bits per heavy atom. The summed E-state index contributed by atoms with van der Waals surface area (Å²) in [6.45, 7) is 1.92. The summed E-state index contributed by atoms with van der Waals surface area (Å²) in [6, 6.07) is 0. The van der Waals surface area contributed by atoms with E-state index >= 15 is 0 Å². The number of nitrogens with one attached hydrogen (secondary N) is 2. The number of aromatic nitrogens is 4. The Labute approximate surface area is 92.2 Å². The third kappa shape index (κ3) is 2.65. The standard InChI is InChI=1S/C9H13N5O2/c1-15-5-4-10-6-7-13-9(14-16-7)8-11-2-3-12-8/h2-3,10H,4-6H2,1H3,(H,11,12). The Kier molecular flexibility index (Phi) is 3.62. The molecule has 86 valence electrons. The number of aromatic amines is 1. The largest absolute Gasteiger partial charge is 0.383 e. The van der Waals surface area contributed by atoms with Gasteiger partial charge in [-0.05, 0) is 0 Å². The van der Waals surface area contributed by atoms with E-state index in [1.165, 1.54) is 0 Å². The van der Waals surface area contributed by atoms with Crippen molar-refractivity contribution in [3.8, 4) is 11.6 Å². The van der Waals surface area contributed by atoms with E-state index in [0.29, 0.717) is 30.7 Å². The number of ether oxygens (including phenoxy) is 1. The van der Waals surface area contributed by atoms with Crippen LogP contribution in [-0.2, 0) is 11.3 Å². The number of imidazole rings is 1. The predicted octanol–water partition coefficient (Wildman–Crippen LogP) is 0.196. The molecule has 2 rings (SSSR count). The lowest BCUT2D eigenvalue weighted by molar-refractivity contribution is 0.197. The van der Waals surface area contributed by atoms with Crippen molar-refractivity contribution in [2.75, 3.05) is 20.3 Å². The van der Waals surface area contributed by atoms with Gasteiger partial charge in [-0.3, -0.25) is 0 Å². The molecule has 2 heterocycles. The van der Waals surface area contributed by atoms with Crippen molar-refractivity contribution in [2.24, 2.45) is 0 Å². The van der Waals surface area contributed by atoms with E-state index in [2.05, 4.69) is 25.4 Å². The van der Waals surface area contributed by atoms with Gasteiger partial charge >= 0.3 is 0 Å². The minimum Gasteiger partial charge on any atom is -0.383 e. The molecule has 0 aliphatic rings. The van der Waals surface area contributed by atoms with Crippen molar-refractivity contribution in [3.63, 3.8) is 0 Å². The van der Waals surface area contributed by atoms with Crippen molar-refractivity contribution in [1.29, 1.82) is 0 Å². The third-order valence-corrected chi connectivity index (χ3v) is 1.94. The molecule has 0 spiro atoms. The highest BCUT2D eigenvalue weighted by molar-refractivity contribution is 5.40. The van der Waals surface area contributed by atoms with Gasteiger partial charge in [0.15, 0.2) is 5.82 Å². The van der Waals surface area contributed by atoms with Gasteiger partial charge in [0.1, 0.15) is 0 Å². The minimum atomic E-state index is 0.466. The number of H-pyrrole nitrogens is 1. The van der Waals surface area contributed by atoms with E-state index in [9.17, 15) is 0 Å². The second kappa shape index (κ2) is 5.38. The molecule has 0 unspecified atom stereocenters. The number of methoxy groups -OCH3 is 1. The number of rotatable bonds is 6. The fourth-order valence-corrected chi connectivity index (χ4v) is 1.18. The molecule has 2 aromatic rings. The molecular weight excluding hydrogens is 210 g/mol. The average molecular weight is 223 g/mol. The van der Waals surface area contributed by atoms with E-state index in [-0.39, 0.29) is 0 Å². The van der Waals surface area contributed by atoms with E-state index < -0.39 is 0 Å². The summed E-state index contributed by atoms with van der Waals surface area (Å²) < 4.78 is 9.94. The van der Waals surface area contributed by atoms with Crippen LogP contribution in [0.15, 0.2) is 16.9 Å². The summed E-state index contributed by atoms with van der Waals surface area (Å²) in [5, 5.41) is 6.92. The smallest absolute Gasteiger partial charge is 0.241 e. The normalized spacial score (nSPS) is 10.8. The van der Waals surface area contributed by atoms with Crippen molar-refractivity contribution < 1.29 is 9.26 Å². The van der Waals surface area contributed by atoms with Crippen LogP contribution in [0.1, 0.15) is 5.89 Å². The number of hydrogen-bond acceptors (Lipinski definition) is 6. The topological polar surface area (TPSA) is 88.9 Å². The minimum absolute atomic E-state index is 0.466. The summed E-state index contributed by atoms with van der Waals surface area (Å²) >= 11 is 0. The fourth-order valence-electron chi connectivity index (χ4n) is 1.18. The van der Waals surface area contributed by atoms with Gasteiger partial charge in [-0.15, -0.1) is 0 Å². The highest BCUT2D eigenvalue weighted by Crippen LogP contribution is 2.08. The van der Waals surface area contributed by atoms with Crippen LogP contribution < -0.4 is 5.32 Å². The molecule has 0 amide bonds. The number of nitrogens with zero attached hydrogens (tertiary/aromatic N) is 3. The lowest BCUT2D eigenvalue weighted by Crippen LogP contribution is -2.18. The highest BCUT2D eigenvalue weighted by atomic mass is 16.5. The first kappa shape index (κ1) is 10.8. The highest BCUT2D eigenvalue weighted by Gasteiger charge is 2.09. The zero-order valence-electron chi connectivity index (χ0n) is 8.93. The predicted molar refractivity (Wildman–Crippen MR) is 55.5 cm³/mol. The number of hydrogen-bond donors (Lipinski definition) is 2. The molecule has 0 atom stereocenters. The first-order valence-electron chi connectivity index (χ1n) is 4.92. The van der Waals surface area contributed by atoms with Crippen molar-refractivity contribution in [2.45, 2.75) is 6.54 Å². The maximum atomic E-state index is 5.04. The van der Waals surface area contributed by atoms with Crippen molar-refractivity contribution >= 4 is 0 Å². The maximum Gasteiger partial charge on any atom is 0.241 e. The van der Waals surface area contributed by atoms with E-state index in [4.69, 9.17) is 9.26 Å². The molecule has 0 aliphatic heterocycles. The summed E-state index contributed by atoms with van der Waals surface area (Å²) in [4.78, 5) is 11.1. The molecule has 0 radical (unpaired) electrons. The van der Waals surface area contributed by atoms with Crippen LogP contribution in [-0.4, -0.2) is 40.4 Å². The Bertz CT molecular complexity index is 411. The van der Waals surface area contributed by atoms with Gasteiger partial charge < -0.3 is 19.6 Å². The third-order valence-electron chi connectivity index (χ3n) is 1.94. The fraction of sp³-hybridized carbons (Fsp3) is 0.444. The summed E-state index contributed by atoms with van der Waals surface area (Å²) in [7, 11) is 1.66. The summed E-state index contributed by atoms with van der Waals surface area (Å²) in [5.41, 5.74) is 0. The van der Waals surface area contributed by atoms with Gasteiger partial charge in [0.25, 0.3) is 0 Å². The Hall–Kier alpha value is -1.73. The molecule has 0 aliphatic carbocycles. The van der Waals surface area contributed by atoms with Gasteiger partial charge in [-0.2, -0.15) is 4.98 Å². The molecule has 2 aromatic heterocycles. The maximum absolute atomic E-state index is 5.04. The molecule has 0 fully saturated rings. The Morgan fingerprint density at radius 3 is 3.25 bits per heavy atom. The molecule has 0 saturated heterocycles. The molecule has 7 heteroatoms. The van der Waals surface area contributed by atoms with Gasteiger partial charge in [0, 0.05) is 26.0 Å². The van der Waals surface area contributed by atoms with Gasteiger partial charge in [-0.25, -0.2) is 4.98 Å². The SMILES string of the molecule is COCCNCc1nc(-c2ncc[nH]2)no1. The zero-order valence-corrected chi connectivity index (χ0v) is 8.93. The van der Waals surface area contributed by atoms with Gasteiger partial charge in [0.05, 0.1) is 13.2 Å². The van der Waals surface area contributed by atoms with Gasteiger partial charge in [-0.1, -0.05) is 5.16 Å². The lowest BCUT2D eigenvalue weighted by Gasteiger charge is -1.98. The molecule has 16 heavy (non-hydrogen) atoms. The van der Waals surface area contributed by atoms with Crippen molar-refractivity contribution in [1.82, 2.24) is 25.4 Å². The molecule has 0 saturated carbocycles. The second-order valence-electron chi connectivity index (χ2n) is 3.12. The first-order chi connectivity index (χ1) is 7.90. The summed E-state index contributed by atoms with van der Waals surface area (Å²) in [6.07, 6.45) is 3.35. The van der Waals surface area contributed by atoms with Crippen LogP contribution in [0.2, 0.25) is 0 Å². The van der Waals surface area contributed by atoms with E-state index in [0.717, 1.165) is 6.54 Å².